The summed E-state index contributed by atoms with van der Waals surface area (Å²) < 4.78 is 29.8. The van der Waals surface area contributed by atoms with Gasteiger partial charge in [0, 0.05) is 31.0 Å². The molecule has 0 bridgehead atoms. The van der Waals surface area contributed by atoms with Gasteiger partial charge >= 0.3 is 5.97 Å². The number of hydrogen-bond donors (Lipinski definition) is 1. The van der Waals surface area contributed by atoms with Crippen LogP contribution in [0.5, 0.6) is 0 Å². The summed E-state index contributed by atoms with van der Waals surface area (Å²) in [5, 5.41) is 9.22. The zero-order valence-electron chi connectivity index (χ0n) is 14.8. The first-order valence-electron chi connectivity index (χ1n) is 8.62. The van der Waals surface area contributed by atoms with E-state index in [0.717, 1.165) is 5.52 Å². The molecule has 3 heterocycles. The van der Waals surface area contributed by atoms with E-state index in [4.69, 9.17) is 5.11 Å². The van der Waals surface area contributed by atoms with Crippen LogP contribution in [0.3, 0.4) is 0 Å². The van der Waals surface area contributed by atoms with Crippen LogP contribution >= 0.6 is 11.8 Å². The molecule has 0 amide bonds. The third-order valence-corrected chi connectivity index (χ3v) is 5.23. The first kappa shape index (κ1) is 18.9. The van der Waals surface area contributed by atoms with Crippen molar-refractivity contribution in [3.63, 3.8) is 0 Å². The number of thioether (sulfide) groups is 1. The molecular formula is C17H22F2N4O2S. The molecule has 0 aliphatic carbocycles. The molecule has 0 radical (unpaired) electrons. The molecule has 1 aliphatic heterocycles. The minimum Gasteiger partial charge on any atom is -0.481 e. The van der Waals surface area contributed by atoms with Gasteiger partial charge in [-0.2, -0.15) is 0 Å². The second-order valence-electron chi connectivity index (χ2n) is 6.78. The number of carbonyl (C=O) groups is 1. The molecule has 0 unspecified atom stereocenters. The number of aromatic nitrogens is 3. The lowest BCUT2D eigenvalue weighted by molar-refractivity contribution is -0.136. The molecule has 6 nitrogen and oxygen atoms in total. The summed E-state index contributed by atoms with van der Waals surface area (Å²) in [7, 11) is 0. The van der Waals surface area contributed by atoms with Crippen molar-refractivity contribution >= 4 is 34.5 Å². The number of hydrogen-bond acceptors (Lipinski definition) is 5. The highest BCUT2D eigenvalue weighted by molar-refractivity contribution is 7.99. The highest BCUT2D eigenvalue weighted by atomic mass is 32.2. The van der Waals surface area contributed by atoms with E-state index in [2.05, 4.69) is 9.97 Å². The summed E-state index contributed by atoms with van der Waals surface area (Å²) in [6.07, 6.45) is 3.93. The van der Waals surface area contributed by atoms with Gasteiger partial charge < -0.3 is 14.6 Å². The van der Waals surface area contributed by atoms with Crippen LogP contribution in [0.2, 0.25) is 0 Å². The van der Waals surface area contributed by atoms with Crippen molar-refractivity contribution in [2.45, 2.75) is 50.2 Å². The van der Waals surface area contributed by atoms with Crippen LogP contribution in [-0.4, -0.2) is 50.4 Å². The van der Waals surface area contributed by atoms with Gasteiger partial charge in [0.25, 0.3) is 5.92 Å². The Morgan fingerprint density at radius 3 is 2.88 bits per heavy atom. The van der Waals surface area contributed by atoms with Gasteiger partial charge in [0.1, 0.15) is 5.52 Å². The maximum Gasteiger partial charge on any atom is 0.304 e. The zero-order chi connectivity index (χ0) is 18.9. The van der Waals surface area contributed by atoms with E-state index in [1.54, 1.807) is 11.1 Å². The molecule has 0 saturated carbocycles. The molecular weight excluding hydrogens is 362 g/mol. The summed E-state index contributed by atoms with van der Waals surface area (Å²) in [5.74, 6) is -3.21. The predicted octanol–water partition coefficient (Wildman–Crippen LogP) is 3.81. The number of halogens is 2. The first-order chi connectivity index (χ1) is 12.3. The highest BCUT2D eigenvalue weighted by Gasteiger charge is 2.36. The lowest BCUT2D eigenvalue weighted by atomic mass is 10.1. The van der Waals surface area contributed by atoms with Crippen molar-refractivity contribution in [1.82, 2.24) is 14.5 Å². The van der Waals surface area contributed by atoms with Crippen LogP contribution < -0.4 is 4.90 Å². The van der Waals surface area contributed by atoms with Gasteiger partial charge in [-0.3, -0.25) is 4.79 Å². The summed E-state index contributed by atoms with van der Waals surface area (Å²) in [6.45, 7) is 4.29. The Bertz CT molecular complexity index is 809. The van der Waals surface area contributed by atoms with E-state index in [-0.39, 0.29) is 25.4 Å². The van der Waals surface area contributed by atoms with Gasteiger partial charge in [0.2, 0.25) is 0 Å². The van der Waals surface area contributed by atoms with E-state index in [1.165, 1.54) is 11.8 Å². The maximum absolute atomic E-state index is 13.9. The van der Waals surface area contributed by atoms with E-state index in [0.29, 0.717) is 35.1 Å². The van der Waals surface area contributed by atoms with Crippen molar-refractivity contribution in [2.75, 3.05) is 23.7 Å². The van der Waals surface area contributed by atoms with Crippen molar-refractivity contribution in [3.8, 4) is 0 Å². The average molecular weight is 384 g/mol. The normalized spacial score (nSPS) is 17.2. The number of carboxylic acids is 1. The minimum atomic E-state index is -2.70. The molecule has 2 aromatic heterocycles. The Labute approximate surface area is 154 Å². The van der Waals surface area contributed by atoms with Crippen LogP contribution in [-0.2, 0) is 4.79 Å². The second kappa shape index (κ2) is 7.38. The number of rotatable bonds is 6. The Balaban J connectivity index is 1.96. The summed E-state index contributed by atoms with van der Waals surface area (Å²) in [6, 6.07) is 0.144. The Hall–Kier alpha value is -1.90. The molecule has 2 aromatic rings. The molecule has 1 saturated heterocycles. The van der Waals surface area contributed by atoms with E-state index >= 15 is 0 Å². The summed E-state index contributed by atoms with van der Waals surface area (Å²) >= 11 is 1.26. The van der Waals surface area contributed by atoms with Gasteiger partial charge in [0.15, 0.2) is 5.16 Å². The lowest BCUT2D eigenvalue weighted by Crippen LogP contribution is -2.42. The van der Waals surface area contributed by atoms with Gasteiger partial charge in [-0.05, 0) is 20.3 Å². The monoisotopic (exact) mass is 384 g/mol. The molecule has 1 aliphatic rings. The highest BCUT2D eigenvalue weighted by Crippen LogP contribution is 2.36. The Morgan fingerprint density at radius 1 is 1.46 bits per heavy atom. The first-order valence-corrected chi connectivity index (χ1v) is 9.60. The van der Waals surface area contributed by atoms with Crippen molar-refractivity contribution in [1.29, 1.82) is 0 Å². The number of alkyl halides is 2. The number of fused-ring (bicyclic) bond motifs is 1. The molecule has 142 valence electrons. The van der Waals surface area contributed by atoms with Crippen LogP contribution in [0.1, 0.15) is 39.2 Å². The number of anilines is 1. The second-order valence-corrected chi connectivity index (χ2v) is 7.84. The number of carboxylic acid groups (broad SMARTS) is 1. The fourth-order valence-corrected chi connectivity index (χ4v) is 3.87. The third kappa shape index (κ3) is 4.08. The number of nitrogens with zero attached hydrogens (tertiary/aromatic N) is 4. The van der Waals surface area contributed by atoms with Crippen molar-refractivity contribution in [2.24, 2.45) is 0 Å². The maximum atomic E-state index is 13.9. The molecule has 0 aromatic carbocycles. The summed E-state index contributed by atoms with van der Waals surface area (Å²) in [4.78, 5) is 21.2. The summed E-state index contributed by atoms with van der Waals surface area (Å²) in [5.41, 5.74) is 2.13. The molecule has 9 heteroatoms. The average Bonchev–Trinajstić information content (AvgIpc) is 2.92. The molecule has 0 atom stereocenters. The van der Waals surface area contributed by atoms with E-state index in [1.807, 2.05) is 24.6 Å². The fourth-order valence-electron chi connectivity index (χ4n) is 3.13. The van der Waals surface area contributed by atoms with Crippen LogP contribution in [0.4, 0.5) is 14.5 Å². The molecule has 26 heavy (non-hydrogen) atoms. The van der Waals surface area contributed by atoms with Crippen molar-refractivity contribution in [3.05, 3.63) is 12.4 Å². The van der Waals surface area contributed by atoms with Gasteiger partial charge in [-0.1, -0.05) is 11.8 Å². The zero-order valence-corrected chi connectivity index (χ0v) is 15.6. The Kier molecular flexibility index (Phi) is 5.36. The topological polar surface area (TPSA) is 71.2 Å². The van der Waals surface area contributed by atoms with Crippen LogP contribution in [0.25, 0.3) is 11.0 Å². The van der Waals surface area contributed by atoms with E-state index in [9.17, 15) is 13.6 Å². The minimum absolute atomic E-state index is 0.0181. The SMILES string of the molecule is CC(C)n1cc(N2CCCC(F)(F)C2)c2nc(SCCC(=O)O)ncc21. The van der Waals surface area contributed by atoms with Gasteiger partial charge in [-0.25, -0.2) is 18.7 Å². The largest absolute Gasteiger partial charge is 0.481 e. The quantitative estimate of drug-likeness (QED) is 0.603. The van der Waals surface area contributed by atoms with Gasteiger partial charge in [-0.15, -0.1) is 0 Å². The molecule has 0 spiro atoms. The van der Waals surface area contributed by atoms with Gasteiger partial charge in [0.05, 0.1) is 30.4 Å². The predicted molar refractivity (Wildman–Crippen MR) is 97.3 cm³/mol. The fraction of sp³-hybridized carbons (Fsp3) is 0.588. The van der Waals surface area contributed by atoms with Crippen LogP contribution in [0, 0.1) is 0 Å². The Morgan fingerprint density at radius 2 is 2.23 bits per heavy atom. The molecule has 1 N–H and O–H groups in total. The number of piperidine rings is 1. The smallest absolute Gasteiger partial charge is 0.304 e. The lowest BCUT2D eigenvalue weighted by Gasteiger charge is -2.33. The van der Waals surface area contributed by atoms with Crippen molar-refractivity contribution < 1.29 is 18.7 Å². The van der Waals surface area contributed by atoms with Crippen LogP contribution in [0.15, 0.2) is 17.6 Å². The third-order valence-electron chi connectivity index (χ3n) is 4.37. The molecule has 3 rings (SSSR count). The number of aliphatic carboxylic acids is 1. The standard InChI is InChI=1S/C17H22F2N4O2S/c1-11(2)23-9-13(22-6-3-5-17(18,19)10-22)15-12(23)8-20-16(21-15)26-7-4-14(24)25/h8-9,11H,3-7,10H2,1-2H3,(H,24,25). The molecule has 1 fully saturated rings. The van der Waals surface area contributed by atoms with E-state index < -0.39 is 11.9 Å².